The van der Waals surface area contributed by atoms with Gasteiger partial charge in [-0.05, 0) is 43.2 Å². The number of nitrogens with zero attached hydrogens (tertiary/aromatic N) is 4. The molecule has 0 radical (unpaired) electrons. The molecule has 31 heavy (non-hydrogen) atoms. The Morgan fingerprint density at radius 2 is 1.84 bits per heavy atom. The zero-order valence-corrected chi connectivity index (χ0v) is 17.8. The van der Waals surface area contributed by atoms with Gasteiger partial charge in [0.1, 0.15) is 0 Å². The van der Waals surface area contributed by atoms with Crippen molar-refractivity contribution in [2.24, 2.45) is 0 Å². The molecular formula is C22H24ClN5O3. The van der Waals surface area contributed by atoms with E-state index in [4.69, 9.17) is 11.6 Å². The normalized spacial score (nSPS) is 17.8. The number of rotatable bonds is 4. The van der Waals surface area contributed by atoms with Crippen LogP contribution in [0, 0.1) is 0 Å². The molecule has 2 saturated heterocycles. The molecule has 2 aromatic rings. The average Bonchev–Trinajstić information content (AvgIpc) is 2.78. The van der Waals surface area contributed by atoms with E-state index in [9.17, 15) is 14.4 Å². The lowest BCUT2D eigenvalue weighted by Crippen LogP contribution is -2.59. The molecule has 2 aliphatic heterocycles. The summed E-state index contributed by atoms with van der Waals surface area (Å²) in [5, 5.41) is 3.40. The van der Waals surface area contributed by atoms with Gasteiger partial charge < -0.3 is 20.0 Å². The number of hydrogen-bond acceptors (Lipinski definition) is 4. The highest BCUT2D eigenvalue weighted by Crippen LogP contribution is 2.22. The standard InChI is InChI=1S/C22H24ClN5O3/c23-16-4-3-6-17(14-16)25-22(31)26-10-7-19(8-11-26)28-13-12-27(20(29)21(28)30)15-18-5-1-2-9-24-18/h1-6,9,14,19H,7-8,10-13,15H2,(H,25,31). The van der Waals surface area contributed by atoms with Gasteiger partial charge >= 0.3 is 17.8 Å². The Kier molecular flexibility index (Phi) is 6.36. The molecule has 1 aromatic heterocycles. The molecule has 1 aromatic carbocycles. The fourth-order valence-corrected chi connectivity index (χ4v) is 4.22. The van der Waals surface area contributed by atoms with E-state index in [1.807, 2.05) is 18.2 Å². The van der Waals surface area contributed by atoms with E-state index < -0.39 is 11.8 Å². The number of carbonyl (C=O) groups excluding carboxylic acids is 3. The van der Waals surface area contributed by atoms with Crippen LogP contribution in [0.3, 0.4) is 0 Å². The van der Waals surface area contributed by atoms with Crippen LogP contribution in [0.2, 0.25) is 5.02 Å². The maximum Gasteiger partial charge on any atom is 0.321 e. The fraction of sp³-hybridized carbons (Fsp3) is 0.364. The Bertz CT molecular complexity index is 963. The Balaban J connectivity index is 1.29. The van der Waals surface area contributed by atoms with Gasteiger partial charge in [-0.3, -0.25) is 14.6 Å². The summed E-state index contributed by atoms with van der Waals surface area (Å²) in [4.78, 5) is 47.0. The number of piperidine rings is 1. The first-order valence-electron chi connectivity index (χ1n) is 10.3. The molecule has 0 atom stereocenters. The molecule has 0 spiro atoms. The Hall–Kier alpha value is -3.13. The van der Waals surface area contributed by atoms with Gasteiger partial charge in [0.2, 0.25) is 0 Å². The summed E-state index contributed by atoms with van der Waals surface area (Å²) < 4.78 is 0. The number of halogens is 1. The summed E-state index contributed by atoms with van der Waals surface area (Å²) in [7, 11) is 0. The second-order valence-corrected chi connectivity index (χ2v) is 8.14. The summed E-state index contributed by atoms with van der Waals surface area (Å²) >= 11 is 5.96. The molecule has 0 aliphatic carbocycles. The number of likely N-dealkylation sites (tertiary alicyclic amines) is 1. The number of piperazine rings is 1. The molecule has 0 bridgehead atoms. The summed E-state index contributed by atoms with van der Waals surface area (Å²) in [6.07, 6.45) is 2.96. The van der Waals surface area contributed by atoms with Crippen LogP contribution in [-0.2, 0) is 16.1 Å². The van der Waals surface area contributed by atoms with Crippen LogP contribution >= 0.6 is 11.6 Å². The third kappa shape index (κ3) is 4.96. The number of benzene rings is 1. The number of hydrogen-bond donors (Lipinski definition) is 1. The van der Waals surface area contributed by atoms with Crippen LogP contribution in [0.15, 0.2) is 48.7 Å². The lowest BCUT2D eigenvalue weighted by molar-refractivity contribution is -0.158. The summed E-state index contributed by atoms with van der Waals surface area (Å²) in [6, 6.07) is 12.3. The second kappa shape index (κ2) is 9.34. The SMILES string of the molecule is O=C(Nc1cccc(Cl)c1)N1CCC(N2CCN(Cc3ccccn3)C(=O)C2=O)CC1. The van der Waals surface area contributed by atoms with Crippen LogP contribution < -0.4 is 5.32 Å². The second-order valence-electron chi connectivity index (χ2n) is 7.71. The van der Waals surface area contributed by atoms with Crippen LogP contribution in [0.25, 0.3) is 0 Å². The zero-order chi connectivity index (χ0) is 21.8. The molecule has 3 heterocycles. The number of amides is 4. The van der Waals surface area contributed by atoms with E-state index in [0.717, 1.165) is 5.69 Å². The van der Waals surface area contributed by atoms with E-state index in [2.05, 4.69) is 10.3 Å². The van der Waals surface area contributed by atoms with Crippen LogP contribution in [0.5, 0.6) is 0 Å². The van der Waals surface area contributed by atoms with Gasteiger partial charge in [-0.2, -0.15) is 0 Å². The summed E-state index contributed by atoms with van der Waals surface area (Å²) in [6.45, 7) is 2.36. The number of pyridine rings is 1. The van der Waals surface area contributed by atoms with Gasteiger partial charge in [-0.25, -0.2) is 4.79 Å². The molecule has 162 valence electrons. The summed E-state index contributed by atoms with van der Waals surface area (Å²) in [5.41, 5.74) is 1.40. The predicted molar refractivity (Wildman–Crippen MR) is 116 cm³/mol. The van der Waals surface area contributed by atoms with Gasteiger partial charge in [-0.1, -0.05) is 23.7 Å². The first kappa shape index (κ1) is 21.1. The molecule has 8 nitrogen and oxygen atoms in total. The number of urea groups is 1. The molecule has 2 aliphatic rings. The molecule has 4 rings (SSSR count). The topological polar surface area (TPSA) is 85.8 Å². The number of anilines is 1. The van der Waals surface area contributed by atoms with Crippen molar-refractivity contribution in [1.82, 2.24) is 19.7 Å². The van der Waals surface area contributed by atoms with Gasteiger partial charge in [0.05, 0.1) is 12.2 Å². The van der Waals surface area contributed by atoms with Gasteiger partial charge in [0.15, 0.2) is 0 Å². The van der Waals surface area contributed by atoms with Crippen molar-refractivity contribution in [1.29, 1.82) is 0 Å². The van der Waals surface area contributed by atoms with Crippen LogP contribution in [0.1, 0.15) is 18.5 Å². The van der Waals surface area contributed by atoms with Crippen molar-refractivity contribution in [3.8, 4) is 0 Å². The van der Waals surface area contributed by atoms with E-state index >= 15 is 0 Å². The van der Waals surface area contributed by atoms with E-state index in [0.29, 0.717) is 56.3 Å². The Labute approximate surface area is 185 Å². The fourth-order valence-electron chi connectivity index (χ4n) is 4.03. The van der Waals surface area contributed by atoms with Crippen molar-refractivity contribution in [3.05, 3.63) is 59.4 Å². The predicted octanol–water partition coefficient (Wildman–Crippen LogP) is 2.60. The quantitative estimate of drug-likeness (QED) is 0.739. The lowest BCUT2D eigenvalue weighted by atomic mass is 10.0. The third-order valence-electron chi connectivity index (χ3n) is 5.69. The molecule has 4 amide bonds. The zero-order valence-electron chi connectivity index (χ0n) is 17.0. The van der Waals surface area contributed by atoms with Gasteiger partial charge in [0.25, 0.3) is 0 Å². The Morgan fingerprint density at radius 3 is 2.55 bits per heavy atom. The molecule has 2 fully saturated rings. The van der Waals surface area contributed by atoms with Gasteiger partial charge in [-0.15, -0.1) is 0 Å². The van der Waals surface area contributed by atoms with E-state index in [-0.39, 0.29) is 12.1 Å². The first-order chi connectivity index (χ1) is 15.0. The number of carbonyl (C=O) groups is 3. The average molecular weight is 442 g/mol. The van der Waals surface area contributed by atoms with Crippen molar-refractivity contribution < 1.29 is 14.4 Å². The molecule has 0 saturated carbocycles. The largest absolute Gasteiger partial charge is 0.330 e. The van der Waals surface area contributed by atoms with Crippen molar-refractivity contribution in [2.75, 3.05) is 31.5 Å². The third-order valence-corrected chi connectivity index (χ3v) is 5.92. The highest BCUT2D eigenvalue weighted by Gasteiger charge is 2.38. The minimum atomic E-state index is -0.488. The van der Waals surface area contributed by atoms with E-state index in [1.54, 1.807) is 45.2 Å². The molecule has 1 N–H and O–H groups in total. The smallest absolute Gasteiger partial charge is 0.321 e. The van der Waals surface area contributed by atoms with E-state index in [1.165, 1.54) is 0 Å². The van der Waals surface area contributed by atoms with Crippen LogP contribution in [0.4, 0.5) is 10.5 Å². The molecule has 0 unspecified atom stereocenters. The maximum absolute atomic E-state index is 12.7. The highest BCUT2D eigenvalue weighted by molar-refractivity contribution is 6.35. The number of aromatic nitrogens is 1. The van der Waals surface area contributed by atoms with Crippen LogP contribution in [-0.4, -0.2) is 69.8 Å². The molecular weight excluding hydrogens is 418 g/mol. The van der Waals surface area contributed by atoms with Crippen molar-refractivity contribution in [3.63, 3.8) is 0 Å². The number of nitrogens with one attached hydrogen (secondary N) is 1. The lowest BCUT2D eigenvalue weighted by Gasteiger charge is -2.42. The van der Waals surface area contributed by atoms with Gasteiger partial charge in [0, 0.05) is 49.1 Å². The minimum absolute atomic E-state index is 0.0383. The highest BCUT2D eigenvalue weighted by atomic mass is 35.5. The van der Waals surface area contributed by atoms with Crippen molar-refractivity contribution in [2.45, 2.75) is 25.4 Å². The Morgan fingerprint density at radius 1 is 1.03 bits per heavy atom. The first-order valence-corrected chi connectivity index (χ1v) is 10.7. The monoisotopic (exact) mass is 441 g/mol. The van der Waals surface area contributed by atoms with Crippen molar-refractivity contribution >= 4 is 35.1 Å². The summed E-state index contributed by atoms with van der Waals surface area (Å²) in [5.74, 6) is -0.956. The minimum Gasteiger partial charge on any atom is -0.330 e. The maximum atomic E-state index is 12.7. The molecule has 9 heteroatoms.